The number of phenolic OH excluding ortho intramolecular Hbond substituents is 1. The number of carbonyl (C=O) groups is 1. The van der Waals surface area contributed by atoms with Crippen molar-refractivity contribution in [1.29, 1.82) is 0 Å². The summed E-state index contributed by atoms with van der Waals surface area (Å²) in [6.07, 6.45) is 5.08. The number of hydrogen-bond donors (Lipinski definition) is 2. The molecule has 1 aromatic carbocycles. The van der Waals surface area contributed by atoms with Gasteiger partial charge in [-0.15, -0.1) is 0 Å². The second-order valence-electron chi connectivity index (χ2n) is 4.97. The summed E-state index contributed by atoms with van der Waals surface area (Å²) in [5.41, 5.74) is 1.72. The van der Waals surface area contributed by atoms with E-state index in [2.05, 4.69) is 17.5 Å². The van der Waals surface area contributed by atoms with Crippen LogP contribution in [-0.4, -0.2) is 23.7 Å². The van der Waals surface area contributed by atoms with Gasteiger partial charge in [-0.05, 0) is 25.0 Å². The van der Waals surface area contributed by atoms with Gasteiger partial charge in [0.25, 0.3) is 0 Å². The summed E-state index contributed by atoms with van der Waals surface area (Å²) in [5, 5.41) is 13.1. The third-order valence-electron chi connectivity index (χ3n) is 3.92. The van der Waals surface area contributed by atoms with Crippen LogP contribution in [0.15, 0.2) is 30.4 Å². The fourth-order valence-corrected chi connectivity index (χ4v) is 3.07. The summed E-state index contributed by atoms with van der Waals surface area (Å²) in [6.45, 7) is 2.17. The highest BCUT2D eigenvalue weighted by Crippen LogP contribution is 2.47. The van der Waals surface area contributed by atoms with Gasteiger partial charge >= 0.3 is 5.97 Å². The molecule has 4 heteroatoms. The summed E-state index contributed by atoms with van der Waals surface area (Å²) in [5.74, 6) is 0.298. The van der Waals surface area contributed by atoms with Gasteiger partial charge < -0.3 is 15.2 Å². The molecule has 4 nitrogen and oxygen atoms in total. The third-order valence-corrected chi connectivity index (χ3v) is 3.92. The molecule has 19 heavy (non-hydrogen) atoms. The number of ether oxygens (including phenoxy) is 1. The molecule has 0 radical (unpaired) electrons. The topological polar surface area (TPSA) is 58.6 Å². The molecule has 0 saturated carbocycles. The molecule has 3 rings (SSSR count). The Morgan fingerprint density at radius 1 is 1.53 bits per heavy atom. The van der Waals surface area contributed by atoms with Crippen LogP contribution in [0.5, 0.6) is 5.75 Å². The van der Waals surface area contributed by atoms with Crippen molar-refractivity contribution in [3.8, 4) is 5.75 Å². The molecule has 1 aromatic rings. The number of nitrogens with one attached hydrogen (secondary N) is 1. The van der Waals surface area contributed by atoms with Gasteiger partial charge in [-0.3, -0.25) is 0 Å². The largest absolute Gasteiger partial charge is 0.506 e. The Labute approximate surface area is 112 Å². The SMILES string of the molecule is CCOC(=O)[C@@H]1Nc2c(O)cccc2[C@@H]2C=CC[C@@H]12. The summed E-state index contributed by atoms with van der Waals surface area (Å²) >= 11 is 0. The Morgan fingerprint density at radius 2 is 2.37 bits per heavy atom. The van der Waals surface area contributed by atoms with Gasteiger partial charge in [0.2, 0.25) is 0 Å². The van der Waals surface area contributed by atoms with E-state index in [1.54, 1.807) is 13.0 Å². The van der Waals surface area contributed by atoms with E-state index in [1.807, 2.05) is 12.1 Å². The number of carbonyl (C=O) groups excluding carboxylic acids is 1. The molecule has 0 amide bonds. The molecule has 100 valence electrons. The second-order valence-corrected chi connectivity index (χ2v) is 4.97. The lowest BCUT2D eigenvalue weighted by Gasteiger charge is -2.35. The van der Waals surface area contributed by atoms with Crippen molar-refractivity contribution >= 4 is 11.7 Å². The van der Waals surface area contributed by atoms with Crippen molar-refractivity contribution in [1.82, 2.24) is 0 Å². The number of benzene rings is 1. The maximum absolute atomic E-state index is 12.1. The van der Waals surface area contributed by atoms with E-state index in [1.165, 1.54) is 0 Å². The maximum atomic E-state index is 12.1. The molecule has 0 bridgehead atoms. The van der Waals surface area contributed by atoms with E-state index >= 15 is 0 Å². The number of allylic oxidation sites excluding steroid dienone is 2. The van der Waals surface area contributed by atoms with Crippen molar-refractivity contribution in [2.24, 2.45) is 5.92 Å². The Kier molecular flexibility index (Phi) is 2.93. The zero-order valence-corrected chi connectivity index (χ0v) is 10.8. The van der Waals surface area contributed by atoms with E-state index in [-0.39, 0.29) is 29.6 Å². The number of hydrogen-bond acceptors (Lipinski definition) is 4. The highest BCUT2D eigenvalue weighted by molar-refractivity contribution is 5.83. The van der Waals surface area contributed by atoms with Gasteiger partial charge in [0.1, 0.15) is 11.8 Å². The normalized spacial score (nSPS) is 27.3. The van der Waals surface area contributed by atoms with Crippen LogP contribution >= 0.6 is 0 Å². The van der Waals surface area contributed by atoms with Gasteiger partial charge in [-0.1, -0.05) is 24.3 Å². The van der Waals surface area contributed by atoms with Gasteiger partial charge in [-0.25, -0.2) is 4.79 Å². The fraction of sp³-hybridized carbons (Fsp3) is 0.400. The van der Waals surface area contributed by atoms with E-state index in [0.29, 0.717) is 12.3 Å². The van der Waals surface area contributed by atoms with Crippen LogP contribution in [0.4, 0.5) is 5.69 Å². The minimum absolute atomic E-state index is 0.174. The standard InChI is InChI=1S/C15H17NO3/c1-2-19-15(18)14-11-6-3-5-9(11)10-7-4-8-12(17)13(10)16-14/h3-5,7-9,11,14,16-17H,2,6H2,1H3/t9-,11+,14+/m0/s1. The number of aromatic hydroxyl groups is 1. The van der Waals surface area contributed by atoms with Crippen molar-refractivity contribution in [2.45, 2.75) is 25.3 Å². The predicted octanol–water partition coefficient (Wildman–Crippen LogP) is 2.41. The van der Waals surface area contributed by atoms with Crippen LogP contribution in [0.25, 0.3) is 0 Å². The first-order chi connectivity index (χ1) is 9.22. The van der Waals surface area contributed by atoms with Crippen molar-refractivity contribution < 1.29 is 14.6 Å². The molecule has 0 fully saturated rings. The molecule has 0 saturated heterocycles. The number of rotatable bonds is 2. The first-order valence-electron chi connectivity index (χ1n) is 6.64. The van der Waals surface area contributed by atoms with Crippen LogP contribution in [0.1, 0.15) is 24.8 Å². The monoisotopic (exact) mass is 259 g/mol. The Morgan fingerprint density at radius 3 is 3.16 bits per heavy atom. The maximum Gasteiger partial charge on any atom is 0.328 e. The lowest BCUT2D eigenvalue weighted by atomic mass is 9.79. The highest BCUT2D eigenvalue weighted by Gasteiger charge is 2.42. The zero-order valence-electron chi connectivity index (χ0n) is 10.8. The molecular formula is C15H17NO3. The van der Waals surface area contributed by atoms with Crippen LogP contribution in [-0.2, 0) is 9.53 Å². The van der Waals surface area contributed by atoms with Crippen LogP contribution in [0.2, 0.25) is 0 Å². The van der Waals surface area contributed by atoms with Gasteiger partial charge in [-0.2, -0.15) is 0 Å². The lowest BCUT2D eigenvalue weighted by Crippen LogP contribution is -2.42. The van der Waals surface area contributed by atoms with Gasteiger partial charge in [0.15, 0.2) is 0 Å². The van der Waals surface area contributed by atoms with E-state index < -0.39 is 0 Å². The lowest BCUT2D eigenvalue weighted by molar-refractivity contribution is -0.145. The average Bonchev–Trinajstić information content (AvgIpc) is 2.88. The minimum atomic E-state index is -0.388. The number of esters is 1. The number of fused-ring (bicyclic) bond motifs is 3. The Bertz CT molecular complexity index is 538. The molecular weight excluding hydrogens is 242 g/mol. The molecule has 1 aliphatic carbocycles. The van der Waals surface area contributed by atoms with E-state index in [9.17, 15) is 9.90 Å². The Balaban J connectivity index is 2.00. The molecule has 1 heterocycles. The number of phenols is 1. The second kappa shape index (κ2) is 4.61. The number of anilines is 1. The fourth-order valence-electron chi connectivity index (χ4n) is 3.07. The summed E-state index contributed by atoms with van der Waals surface area (Å²) in [4.78, 5) is 12.1. The predicted molar refractivity (Wildman–Crippen MR) is 72.1 cm³/mol. The zero-order chi connectivity index (χ0) is 13.4. The van der Waals surface area contributed by atoms with Crippen LogP contribution in [0, 0.1) is 5.92 Å². The first kappa shape index (κ1) is 12.1. The van der Waals surface area contributed by atoms with Crippen molar-refractivity contribution in [3.63, 3.8) is 0 Å². The summed E-state index contributed by atoms with van der Waals surface area (Å²) in [6, 6.07) is 5.08. The highest BCUT2D eigenvalue weighted by atomic mass is 16.5. The van der Waals surface area contributed by atoms with Gasteiger partial charge in [0, 0.05) is 11.8 Å². The van der Waals surface area contributed by atoms with Gasteiger partial charge in [0.05, 0.1) is 12.3 Å². The smallest absolute Gasteiger partial charge is 0.328 e. The van der Waals surface area contributed by atoms with Crippen LogP contribution < -0.4 is 5.32 Å². The first-order valence-corrected chi connectivity index (χ1v) is 6.64. The summed E-state index contributed by atoms with van der Waals surface area (Å²) in [7, 11) is 0. The molecule has 0 unspecified atom stereocenters. The van der Waals surface area contributed by atoms with Crippen molar-refractivity contribution in [2.75, 3.05) is 11.9 Å². The number of para-hydroxylation sites is 1. The molecule has 3 atom stereocenters. The quantitative estimate of drug-likeness (QED) is 0.486. The van der Waals surface area contributed by atoms with E-state index in [0.717, 1.165) is 12.0 Å². The molecule has 2 aliphatic rings. The average molecular weight is 259 g/mol. The molecule has 0 spiro atoms. The molecule has 1 aliphatic heterocycles. The third kappa shape index (κ3) is 1.87. The minimum Gasteiger partial charge on any atom is -0.506 e. The Hall–Kier alpha value is -1.97. The van der Waals surface area contributed by atoms with E-state index in [4.69, 9.17) is 4.74 Å². The summed E-state index contributed by atoms with van der Waals surface area (Å²) < 4.78 is 5.13. The van der Waals surface area contributed by atoms with Crippen molar-refractivity contribution in [3.05, 3.63) is 35.9 Å². The van der Waals surface area contributed by atoms with Crippen LogP contribution in [0.3, 0.4) is 0 Å². The molecule has 2 N–H and O–H groups in total. The molecule has 0 aromatic heterocycles.